The summed E-state index contributed by atoms with van der Waals surface area (Å²) in [5, 5.41) is 0. The Morgan fingerprint density at radius 1 is 1.33 bits per heavy atom. The fourth-order valence-corrected chi connectivity index (χ4v) is 1.46. The van der Waals surface area contributed by atoms with E-state index in [1.54, 1.807) is 0 Å². The summed E-state index contributed by atoms with van der Waals surface area (Å²) in [5.74, 6) is 0.0474. The van der Waals surface area contributed by atoms with Crippen LogP contribution in [0.1, 0.15) is 25.8 Å². The van der Waals surface area contributed by atoms with Gasteiger partial charge in [-0.1, -0.05) is 49.9 Å². The molecule has 0 radical (unpaired) electrons. The zero-order valence-electron chi connectivity index (χ0n) is 9.29. The number of ketones is 1. The monoisotopic (exact) mass is 200 g/mol. The quantitative estimate of drug-likeness (QED) is 0.678. The molecule has 0 amide bonds. The van der Waals surface area contributed by atoms with E-state index >= 15 is 0 Å². The summed E-state index contributed by atoms with van der Waals surface area (Å²) in [5.41, 5.74) is 2.30. The first-order valence-electron chi connectivity index (χ1n) is 5.15. The van der Waals surface area contributed by atoms with E-state index in [1.807, 2.05) is 50.3 Å². The summed E-state index contributed by atoms with van der Waals surface area (Å²) in [6.45, 7) is 7.71. The van der Waals surface area contributed by atoms with Crippen molar-refractivity contribution in [1.82, 2.24) is 0 Å². The first kappa shape index (κ1) is 11.4. The molecule has 0 N–H and O–H groups in total. The van der Waals surface area contributed by atoms with Gasteiger partial charge < -0.3 is 0 Å². The van der Waals surface area contributed by atoms with Crippen LogP contribution in [0.5, 0.6) is 0 Å². The summed E-state index contributed by atoms with van der Waals surface area (Å²) < 4.78 is 0. The van der Waals surface area contributed by atoms with Crippen LogP contribution < -0.4 is 0 Å². The molecule has 0 aliphatic carbocycles. The van der Waals surface area contributed by atoms with Gasteiger partial charge in [0.1, 0.15) is 0 Å². The molecule has 0 aliphatic rings. The molecule has 0 aromatic heterocycles. The summed E-state index contributed by atoms with van der Waals surface area (Å²) in [6, 6.07) is 9.56. The van der Waals surface area contributed by atoms with Gasteiger partial charge in [-0.25, -0.2) is 0 Å². The van der Waals surface area contributed by atoms with Crippen molar-refractivity contribution in [1.29, 1.82) is 0 Å². The molecule has 1 aromatic carbocycles. The van der Waals surface area contributed by atoms with Gasteiger partial charge in [0.05, 0.1) is 0 Å². The van der Waals surface area contributed by atoms with E-state index in [-0.39, 0.29) is 5.78 Å². The highest BCUT2D eigenvalue weighted by molar-refractivity contribution is 6.27. The molecule has 0 bridgehead atoms. The minimum Gasteiger partial charge on any atom is -0.289 e. The lowest BCUT2D eigenvalue weighted by Crippen LogP contribution is -2.03. The molecule has 0 fully saturated rings. The van der Waals surface area contributed by atoms with Crippen LogP contribution in [-0.2, 0) is 4.79 Å². The largest absolute Gasteiger partial charge is 0.289 e. The van der Waals surface area contributed by atoms with Crippen LogP contribution in [0.2, 0.25) is 0 Å². The van der Waals surface area contributed by atoms with Gasteiger partial charge in [-0.15, -0.1) is 0 Å². The van der Waals surface area contributed by atoms with E-state index in [2.05, 4.69) is 6.58 Å². The van der Waals surface area contributed by atoms with Crippen molar-refractivity contribution in [3.8, 4) is 0 Å². The Balaban J connectivity index is 2.92. The Kier molecular flexibility index (Phi) is 4.04. The molecule has 0 atom stereocenters. The van der Waals surface area contributed by atoms with E-state index in [9.17, 15) is 4.79 Å². The Bertz CT molecular complexity index is 385. The molecule has 1 heteroatoms. The van der Waals surface area contributed by atoms with Crippen LogP contribution >= 0.6 is 0 Å². The normalized spacial score (nSPS) is 11.2. The highest BCUT2D eigenvalue weighted by Crippen LogP contribution is 2.18. The van der Waals surface area contributed by atoms with Gasteiger partial charge in [-0.2, -0.15) is 0 Å². The number of Topliss-reactive ketones (excluding diaryl/α,β-unsaturated/α-hetero) is 1. The minimum absolute atomic E-state index is 0.0474. The SMILES string of the molecule is C=C(C(=O)/C(=C/C)CC)c1ccccc1. The third kappa shape index (κ3) is 2.66. The number of allylic oxidation sites excluding steroid dienone is 3. The number of rotatable bonds is 4. The van der Waals surface area contributed by atoms with Crippen molar-refractivity contribution in [2.75, 3.05) is 0 Å². The maximum atomic E-state index is 11.9. The van der Waals surface area contributed by atoms with Gasteiger partial charge in [0.15, 0.2) is 5.78 Å². The van der Waals surface area contributed by atoms with Crippen LogP contribution in [-0.4, -0.2) is 5.78 Å². The van der Waals surface area contributed by atoms with Gasteiger partial charge in [-0.3, -0.25) is 4.79 Å². The van der Waals surface area contributed by atoms with Crippen LogP contribution in [0.25, 0.3) is 5.57 Å². The Labute approximate surface area is 91.1 Å². The fourth-order valence-electron chi connectivity index (χ4n) is 1.46. The van der Waals surface area contributed by atoms with E-state index in [0.717, 1.165) is 17.6 Å². The van der Waals surface area contributed by atoms with Crippen molar-refractivity contribution in [2.45, 2.75) is 20.3 Å². The molecule has 0 saturated carbocycles. The molecule has 1 nitrogen and oxygen atoms in total. The fraction of sp³-hybridized carbons (Fsp3) is 0.214. The highest BCUT2D eigenvalue weighted by Gasteiger charge is 2.11. The Morgan fingerprint density at radius 3 is 2.40 bits per heavy atom. The average molecular weight is 200 g/mol. The molecular weight excluding hydrogens is 184 g/mol. The predicted molar refractivity (Wildman–Crippen MR) is 64.5 cm³/mol. The van der Waals surface area contributed by atoms with Crippen LogP contribution in [0.3, 0.4) is 0 Å². The number of hydrogen-bond acceptors (Lipinski definition) is 1. The van der Waals surface area contributed by atoms with Gasteiger partial charge >= 0.3 is 0 Å². The first-order valence-corrected chi connectivity index (χ1v) is 5.15. The Morgan fingerprint density at radius 2 is 1.93 bits per heavy atom. The number of carbonyl (C=O) groups is 1. The molecule has 15 heavy (non-hydrogen) atoms. The summed E-state index contributed by atoms with van der Waals surface area (Å²) >= 11 is 0. The third-order valence-corrected chi connectivity index (χ3v) is 2.42. The molecule has 1 rings (SSSR count). The van der Waals surface area contributed by atoms with E-state index in [4.69, 9.17) is 0 Å². The number of carbonyl (C=O) groups excluding carboxylic acids is 1. The molecule has 78 valence electrons. The highest BCUT2D eigenvalue weighted by atomic mass is 16.1. The average Bonchev–Trinajstić information content (AvgIpc) is 2.30. The first-order chi connectivity index (χ1) is 7.20. The second kappa shape index (κ2) is 5.30. The van der Waals surface area contributed by atoms with Crippen molar-refractivity contribution in [3.05, 3.63) is 54.1 Å². The zero-order chi connectivity index (χ0) is 11.3. The summed E-state index contributed by atoms with van der Waals surface area (Å²) in [4.78, 5) is 11.9. The minimum atomic E-state index is 0.0474. The van der Waals surface area contributed by atoms with Crippen molar-refractivity contribution < 1.29 is 4.79 Å². The maximum Gasteiger partial charge on any atom is 0.188 e. The molecular formula is C14H16O. The number of hydrogen-bond donors (Lipinski definition) is 0. The van der Waals surface area contributed by atoms with E-state index < -0.39 is 0 Å². The van der Waals surface area contributed by atoms with Crippen molar-refractivity contribution in [3.63, 3.8) is 0 Å². The van der Waals surface area contributed by atoms with E-state index in [0.29, 0.717) is 5.57 Å². The smallest absolute Gasteiger partial charge is 0.188 e. The number of benzene rings is 1. The van der Waals surface area contributed by atoms with Gasteiger partial charge in [-0.05, 0) is 24.5 Å². The van der Waals surface area contributed by atoms with Gasteiger partial charge in [0.2, 0.25) is 0 Å². The molecule has 0 heterocycles. The van der Waals surface area contributed by atoms with E-state index in [1.165, 1.54) is 0 Å². The maximum absolute atomic E-state index is 11.9. The third-order valence-electron chi connectivity index (χ3n) is 2.42. The lowest BCUT2D eigenvalue weighted by atomic mass is 9.97. The predicted octanol–water partition coefficient (Wildman–Crippen LogP) is 3.63. The topological polar surface area (TPSA) is 17.1 Å². The van der Waals surface area contributed by atoms with Crippen LogP contribution in [0.15, 0.2) is 48.6 Å². The standard InChI is InChI=1S/C14H16O/c1-4-12(5-2)14(15)11(3)13-9-7-6-8-10-13/h4,6-10H,3,5H2,1-2H3/b12-4+. The van der Waals surface area contributed by atoms with Crippen molar-refractivity contribution >= 4 is 11.4 Å². The van der Waals surface area contributed by atoms with Crippen LogP contribution in [0, 0.1) is 0 Å². The van der Waals surface area contributed by atoms with Crippen LogP contribution in [0.4, 0.5) is 0 Å². The summed E-state index contributed by atoms with van der Waals surface area (Å²) in [7, 11) is 0. The zero-order valence-corrected chi connectivity index (χ0v) is 9.29. The molecule has 0 saturated heterocycles. The van der Waals surface area contributed by atoms with Gasteiger partial charge in [0, 0.05) is 5.57 Å². The summed E-state index contributed by atoms with van der Waals surface area (Å²) in [6.07, 6.45) is 2.61. The Hall–Kier alpha value is -1.63. The lowest BCUT2D eigenvalue weighted by molar-refractivity contribution is -0.110. The molecule has 0 aliphatic heterocycles. The second-order valence-corrected chi connectivity index (χ2v) is 3.34. The molecule has 0 unspecified atom stereocenters. The van der Waals surface area contributed by atoms with Crippen molar-refractivity contribution in [2.24, 2.45) is 0 Å². The molecule has 1 aromatic rings. The van der Waals surface area contributed by atoms with Gasteiger partial charge in [0.25, 0.3) is 0 Å². The molecule has 0 spiro atoms. The second-order valence-electron chi connectivity index (χ2n) is 3.34. The lowest BCUT2D eigenvalue weighted by Gasteiger charge is -2.06.